The summed E-state index contributed by atoms with van der Waals surface area (Å²) in [5.74, 6) is 0. The molecule has 0 aliphatic carbocycles. The standard InChI is InChI=1S/CH5N2OS/c1-3-5(2)4/h1H3,(H2,2,3,4)/q-1. The van der Waals surface area contributed by atoms with Crippen LogP contribution in [0.3, 0.4) is 0 Å². The van der Waals surface area contributed by atoms with E-state index in [-0.39, 0.29) is 0 Å². The predicted octanol–water partition coefficient (Wildman–Crippen LogP) is -0.153. The summed E-state index contributed by atoms with van der Waals surface area (Å²) in [5, 5.41) is 0. The molecule has 2 N–H and O–H groups in total. The fraction of sp³-hybridized carbons (Fsp3) is 1.00. The van der Waals surface area contributed by atoms with Crippen molar-refractivity contribution in [3.05, 3.63) is 0 Å². The third-order valence-corrected chi connectivity index (χ3v) is 0.556. The van der Waals surface area contributed by atoms with Gasteiger partial charge >= 0.3 is 0 Å². The van der Waals surface area contributed by atoms with Crippen LogP contribution in [0.2, 0.25) is 0 Å². The van der Waals surface area contributed by atoms with Crippen molar-refractivity contribution in [3.8, 4) is 0 Å². The van der Waals surface area contributed by atoms with Crippen molar-refractivity contribution < 1.29 is 4.21 Å². The maximum absolute atomic E-state index is 9.48. The molecule has 0 aromatic heterocycles. The van der Waals surface area contributed by atoms with Gasteiger partial charge in [-0.2, -0.15) is 0 Å². The molecule has 0 fully saturated rings. The molecule has 0 saturated heterocycles. The van der Waals surface area contributed by atoms with Gasteiger partial charge in [0.25, 0.3) is 0 Å². The lowest BCUT2D eigenvalue weighted by Crippen LogP contribution is -1.97. The Kier molecular flexibility index (Phi) is 2.13. The second kappa shape index (κ2) is 2.17. The molecule has 0 atom stereocenters. The SMILES string of the molecule is CN[S-](=N)=O. The van der Waals surface area contributed by atoms with Crippen LogP contribution in [0.1, 0.15) is 0 Å². The number of hydrogen-bond acceptors (Lipinski definition) is 3. The van der Waals surface area contributed by atoms with Crippen LogP contribution in [0.25, 0.3) is 0 Å². The third kappa shape index (κ3) is 3.91. The summed E-state index contributed by atoms with van der Waals surface area (Å²) in [4.78, 5) is 0. The van der Waals surface area contributed by atoms with E-state index in [0.29, 0.717) is 0 Å². The lowest BCUT2D eigenvalue weighted by Gasteiger charge is -1.87. The first-order valence-electron chi connectivity index (χ1n) is 1.07. The van der Waals surface area contributed by atoms with Crippen LogP contribution in [-0.4, -0.2) is 7.05 Å². The molecule has 5 heavy (non-hydrogen) atoms. The van der Waals surface area contributed by atoms with E-state index in [1.54, 1.807) is 0 Å². The van der Waals surface area contributed by atoms with Crippen molar-refractivity contribution in [2.75, 3.05) is 7.05 Å². The average molecular weight is 93.1 g/mol. The molecule has 0 aliphatic heterocycles. The molecule has 0 radical (unpaired) electrons. The summed E-state index contributed by atoms with van der Waals surface area (Å²) in [6.45, 7) is 0. The van der Waals surface area contributed by atoms with Crippen LogP contribution in [0.4, 0.5) is 0 Å². The van der Waals surface area contributed by atoms with Gasteiger partial charge < -0.3 is 13.7 Å². The Morgan fingerprint density at radius 1 is 2.00 bits per heavy atom. The third-order valence-electron chi connectivity index (χ3n) is 0.185. The molecule has 0 aromatic rings. The lowest BCUT2D eigenvalue weighted by molar-refractivity contribution is 0.595. The highest BCUT2D eigenvalue weighted by molar-refractivity contribution is 7.71. The largest absolute Gasteiger partial charge is 0.430 e. The predicted molar refractivity (Wildman–Crippen MR) is 19.8 cm³/mol. The van der Waals surface area contributed by atoms with Crippen LogP contribution < -0.4 is 4.72 Å². The molecular weight excluding hydrogens is 88.1 g/mol. The van der Waals surface area contributed by atoms with E-state index in [4.69, 9.17) is 4.78 Å². The summed E-state index contributed by atoms with van der Waals surface area (Å²) in [6, 6.07) is 0. The normalized spacial score (nSPS) is 9.20. The van der Waals surface area contributed by atoms with Gasteiger partial charge in [-0.05, 0) is 7.05 Å². The Labute approximate surface area is 32.5 Å². The van der Waals surface area contributed by atoms with Gasteiger partial charge in [-0.15, -0.1) is 10.8 Å². The number of rotatable bonds is 1. The Morgan fingerprint density at radius 3 is 2.20 bits per heavy atom. The van der Waals surface area contributed by atoms with Gasteiger partial charge in [0.15, 0.2) is 0 Å². The topological polar surface area (TPSA) is 53.0 Å². The molecule has 0 unspecified atom stereocenters. The molecule has 0 bridgehead atoms. The van der Waals surface area contributed by atoms with E-state index in [9.17, 15) is 4.21 Å². The zero-order valence-corrected chi connectivity index (χ0v) is 3.63. The Balaban J connectivity index is 3.23. The monoisotopic (exact) mass is 93.0 g/mol. The van der Waals surface area contributed by atoms with Crippen molar-refractivity contribution in [3.63, 3.8) is 0 Å². The molecule has 0 heterocycles. The van der Waals surface area contributed by atoms with Crippen molar-refractivity contribution in [1.29, 1.82) is 4.78 Å². The van der Waals surface area contributed by atoms with Crippen LogP contribution in [0.5, 0.6) is 0 Å². The highest BCUT2D eigenvalue weighted by Gasteiger charge is 1.38. The summed E-state index contributed by atoms with van der Waals surface area (Å²) in [6.07, 6.45) is 0. The molecule has 32 valence electrons. The summed E-state index contributed by atoms with van der Waals surface area (Å²) in [5.41, 5.74) is 0. The van der Waals surface area contributed by atoms with Gasteiger partial charge in [0.1, 0.15) is 0 Å². The Hall–Kier alpha value is -0.0900. The van der Waals surface area contributed by atoms with Gasteiger partial charge in [-0.3, -0.25) is 0 Å². The quantitative estimate of drug-likeness (QED) is 0.435. The maximum Gasteiger partial charge on any atom is -0.0325 e. The zero-order chi connectivity index (χ0) is 4.28. The molecule has 0 aromatic carbocycles. The first-order chi connectivity index (χ1) is 2.27. The van der Waals surface area contributed by atoms with E-state index in [1.165, 1.54) is 7.05 Å². The van der Waals surface area contributed by atoms with E-state index >= 15 is 0 Å². The fourth-order valence-electron chi connectivity index (χ4n) is 0. The summed E-state index contributed by atoms with van der Waals surface area (Å²) in [7, 11) is -0.111. The second-order valence-corrected chi connectivity index (χ2v) is 1.42. The number of nitrogens with one attached hydrogen (secondary N) is 2. The van der Waals surface area contributed by atoms with Crippen molar-refractivity contribution >= 4 is 10.8 Å². The van der Waals surface area contributed by atoms with Crippen LogP contribution in [-0.2, 0) is 15.0 Å². The van der Waals surface area contributed by atoms with E-state index < -0.39 is 10.8 Å². The van der Waals surface area contributed by atoms with Gasteiger partial charge in [0, 0.05) is 0 Å². The van der Waals surface area contributed by atoms with Crippen LogP contribution >= 0.6 is 0 Å². The highest BCUT2D eigenvalue weighted by Crippen LogP contribution is 1.39. The minimum absolute atomic E-state index is 1.46. The second-order valence-electron chi connectivity index (χ2n) is 0.473. The molecule has 0 spiro atoms. The smallest absolute Gasteiger partial charge is 0.0325 e. The molecule has 0 aliphatic rings. The van der Waals surface area contributed by atoms with Crippen LogP contribution in [0, 0.1) is 4.78 Å². The van der Waals surface area contributed by atoms with Gasteiger partial charge in [0.2, 0.25) is 0 Å². The fourth-order valence-corrected chi connectivity index (χ4v) is 0. The number of hydrogen-bond donors (Lipinski definition) is 2. The Morgan fingerprint density at radius 2 is 2.20 bits per heavy atom. The van der Waals surface area contributed by atoms with E-state index in [2.05, 4.69) is 4.72 Å². The molecule has 0 amide bonds. The van der Waals surface area contributed by atoms with Gasteiger partial charge in [0.05, 0.1) is 0 Å². The first-order valence-corrected chi connectivity index (χ1v) is 2.22. The molecule has 0 rings (SSSR count). The maximum atomic E-state index is 9.48. The van der Waals surface area contributed by atoms with Gasteiger partial charge in [-0.25, -0.2) is 0 Å². The van der Waals surface area contributed by atoms with Crippen LogP contribution in [0.15, 0.2) is 0 Å². The average Bonchev–Trinajstić information content (AvgIpc) is 1.38. The van der Waals surface area contributed by atoms with Crippen molar-refractivity contribution in [1.82, 2.24) is 4.72 Å². The highest BCUT2D eigenvalue weighted by atomic mass is 32.2. The molecule has 4 heteroatoms. The van der Waals surface area contributed by atoms with E-state index in [1.807, 2.05) is 0 Å². The first kappa shape index (κ1) is 4.91. The minimum Gasteiger partial charge on any atom is -0.430 e. The minimum atomic E-state index is -1.57. The lowest BCUT2D eigenvalue weighted by atomic mass is 11.6. The summed E-state index contributed by atoms with van der Waals surface area (Å²) < 4.78 is 17.8. The molecular formula is CH5N2OS-. The van der Waals surface area contributed by atoms with Gasteiger partial charge in [-0.1, -0.05) is 0 Å². The Bertz CT molecular complexity index is 67.7. The van der Waals surface area contributed by atoms with Crippen molar-refractivity contribution in [2.24, 2.45) is 0 Å². The van der Waals surface area contributed by atoms with E-state index in [0.717, 1.165) is 0 Å². The van der Waals surface area contributed by atoms with Crippen molar-refractivity contribution in [2.45, 2.75) is 0 Å². The molecule has 0 saturated carbocycles. The summed E-state index contributed by atoms with van der Waals surface area (Å²) >= 11 is 0. The molecule has 3 nitrogen and oxygen atoms in total. The zero-order valence-electron chi connectivity index (χ0n) is 2.82.